The highest BCUT2D eigenvalue weighted by Crippen LogP contribution is 2.24. The molecular weight excluding hydrogens is 274 g/mol. The van der Waals surface area contributed by atoms with Crippen LogP contribution in [0.4, 0.5) is 5.69 Å². The van der Waals surface area contributed by atoms with E-state index in [1.165, 1.54) is 5.56 Å². The van der Waals surface area contributed by atoms with Crippen LogP contribution in [0.1, 0.15) is 39.2 Å². The minimum Gasteiger partial charge on any atom is -0.377 e. The Morgan fingerprint density at radius 2 is 1.90 bits per heavy atom. The van der Waals surface area contributed by atoms with Crippen LogP contribution in [0.15, 0.2) is 24.3 Å². The van der Waals surface area contributed by atoms with E-state index in [4.69, 9.17) is 4.74 Å². The molecular formula is C15H23NO3S. The molecule has 112 valence electrons. The van der Waals surface area contributed by atoms with Gasteiger partial charge in [0.25, 0.3) is 0 Å². The highest BCUT2D eigenvalue weighted by Gasteiger charge is 2.23. The second kappa shape index (κ2) is 5.74. The molecule has 1 unspecified atom stereocenters. The Hall–Kier alpha value is -1.07. The van der Waals surface area contributed by atoms with E-state index in [0.29, 0.717) is 12.3 Å². The predicted molar refractivity (Wildman–Crippen MR) is 81.5 cm³/mol. The van der Waals surface area contributed by atoms with Gasteiger partial charge in [-0.1, -0.05) is 32.9 Å². The maximum absolute atomic E-state index is 12.0. The Balaban J connectivity index is 2.01. The summed E-state index contributed by atoms with van der Waals surface area (Å²) in [5.41, 5.74) is 1.85. The van der Waals surface area contributed by atoms with Crippen molar-refractivity contribution in [1.82, 2.24) is 0 Å². The Kier molecular flexibility index (Phi) is 4.39. The van der Waals surface area contributed by atoms with Gasteiger partial charge in [0.2, 0.25) is 10.0 Å². The molecule has 0 amide bonds. The fourth-order valence-corrected chi connectivity index (χ4v) is 3.61. The molecule has 1 aliphatic heterocycles. The zero-order chi connectivity index (χ0) is 14.8. The monoisotopic (exact) mass is 297 g/mol. The second-order valence-electron chi connectivity index (χ2n) is 6.35. The molecule has 0 aromatic heterocycles. The fraction of sp³-hybridized carbons (Fsp3) is 0.600. The fourth-order valence-electron chi connectivity index (χ4n) is 2.28. The van der Waals surface area contributed by atoms with Crippen LogP contribution < -0.4 is 4.72 Å². The van der Waals surface area contributed by atoms with Gasteiger partial charge in [0.05, 0.1) is 11.9 Å². The lowest BCUT2D eigenvalue weighted by Crippen LogP contribution is -2.25. The van der Waals surface area contributed by atoms with E-state index >= 15 is 0 Å². The van der Waals surface area contributed by atoms with E-state index in [2.05, 4.69) is 25.5 Å². The van der Waals surface area contributed by atoms with Crippen molar-refractivity contribution in [3.05, 3.63) is 29.8 Å². The van der Waals surface area contributed by atoms with Crippen molar-refractivity contribution in [3.8, 4) is 0 Å². The zero-order valence-corrected chi connectivity index (χ0v) is 13.2. The van der Waals surface area contributed by atoms with Crippen molar-refractivity contribution in [2.24, 2.45) is 0 Å². The van der Waals surface area contributed by atoms with Crippen LogP contribution >= 0.6 is 0 Å². The number of nitrogens with one attached hydrogen (secondary N) is 1. The average Bonchev–Trinajstić information content (AvgIpc) is 2.79. The number of ether oxygens (including phenoxy) is 1. The smallest absolute Gasteiger partial charge is 0.235 e. The predicted octanol–water partition coefficient (Wildman–Crippen LogP) is 2.90. The summed E-state index contributed by atoms with van der Waals surface area (Å²) in [6.07, 6.45) is 1.60. The molecule has 1 heterocycles. The number of hydrogen-bond donors (Lipinski definition) is 1. The van der Waals surface area contributed by atoms with Gasteiger partial charge in [-0.3, -0.25) is 4.72 Å². The van der Waals surface area contributed by atoms with Crippen molar-refractivity contribution >= 4 is 15.7 Å². The molecule has 0 radical (unpaired) electrons. The van der Waals surface area contributed by atoms with Gasteiger partial charge in [-0.25, -0.2) is 8.42 Å². The number of rotatable bonds is 4. The molecule has 1 N–H and O–H groups in total. The number of sulfonamides is 1. The van der Waals surface area contributed by atoms with Crippen molar-refractivity contribution < 1.29 is 13.2 Å². The Labute approximate surface area is 121 Å². The van der Waals surface area contributed by atoms with Crippen molar-refractivity contribution in [3.63, 3.8) is 0 Å². The third-order valence-electron chi connectivity index (χ3n) is 3.45. The minimum absolute atomic E-state index is 0.0357. The van der Waals surface area contributed by atoms with E-state index in [1.807, 2.05) is 24.3 Å². The molecule has 0 spiro atoms. The molecule has 1 aromatic carbocycles. The van der Waals surface area contributed by atoms with Gasteiger partial charge in [-0.15, -0.1) is 0 Å². The maximum Gasteiger partial charge on any atom is 0.235 e. The van der Waals surface area contributed by atoms with Crippen molar-refractivity contribution in [2.45, 2.75) is 45.1 Å². The van der Waals surface area contributed by atoms with Crippen LogP contribution in [0.2, 0.25) is 0 Å². The first-order valence-electron chi connectivity index (χ1n) is 6.99. The molecule has 1 aliphatic rings. The largest absolute Gasteiger partial charge is 0.377 e. The lowest BCUT2D eigenvalue weighted by Gasteiger charge is -2.19. The van der Waals surface area contributed by atoms with E-state index in [9.17, 15) is 8.42 Å². The Morgan fingerprint density at radius 3 is 2.40 bits per heavy atom. The van der Waals surface area contributed by atoms with Crippen LogP contribution in [-0.2, 0) is 20.2 Å². The average molecular weight is 297 g/mol. The first-order valence-corrected chi connectivity index (χ1v) is 8.64. The van der Waals surface area contributed by atoms with E-state index < -0.39 is 10.0 Å². The number of benzene rings is 1. The van der Waals surface area contributed by atoms with E-state index in [-0.39, 0.29) is 17.3 Å². The van der Waals surface area contributed by atoms with Crippen molar-refractivity contribution in [2.75, 3.05) is 17.1 Å². The van der Waals surface area contributed by atoms with E-state index in [0.717, 1.165) is 12.8 Å². The molecule has 1 atom stereocenters. The first kappa shape index (κ1) is 15.3. The molecule has 0 saturated carbocycles. The molecule has 5 heteroatoms. The molecule has 1 saturated heterocycles. The topological polar surface area (TPSA) is 55.4 Å². The highest BCUT2D eigenvalue weighted by atomic mass is 32.2. The summed E-state index contributed by atoms with van der Waals surface area (Å²) >= 11 is 0. The maximum atomic E-state index is 12.0. The van der Waals surface area contributed by atoms with Gasteiger partial charge in [0.1, 0.15) is 0 Å². The summed E-state index contributed by atoms with van der Waals surface area (Å²) in [7, 11) is -3.34. The number of hydrogen-bond acceptors (Lipinski definition) is 3. The lowest BCUT2D eigenvalue weighted by molar-refractivity contribution is 0.127. The summed E-state index contributed by atoms with van der Waals surface area (Å²) in [6.45, 7) is 7.05. The Bertz CT molecular complexity index is 537. The van der Waals surface area contributed by atoms with Crippen LogP contribution in [0.5, 0.6) is 0 Å². The SMILES string of the molecule is CC(C)(C)c1ccc(NS(=O)(=O)CC2CCCO2)cc1. The Morgan fingerprint density at radius 1 is 1.25 bits per heavy atom. The standard InChI is InChI=1S/C15H23NO3S/c1-15(2,3)12-6-8-13(9-7-12)16-20(17,18)11-14-5-4-10-19-14/h6-9,14,16H,4-5,10-11H2,1-3H3. The van der Waals surface area contributed by atoms with Gasteiger partial charge in [0.15, 0.2) is 0 Å². The second-order valence-corrected chi connectivity index (χ2v) is 8.11. The highest BCUT2D eigenvalue weighted by molar-refractivity contribution is 7.92. The quantitative estimate of drug-likeness (QED) is 0.929. The third-order valence-corrected chi connectivity index (χ3v) is 4.81. The zero-order valence-electron chi connectivity index (χ0n) is 12.3. The van der Waals surface area contributed by atoms with Gasteiger partial charge in [-0.2, -0.15) is 0 Å². The lowest BCUT2D eigenvalue weighted by atomic mass is 9.87. The molecule has 1 aromatic rings. The first-order chi connectivity index (χ1) is 9.26. The van der Waals surface area contributed by atoms with Crippen LogP contribution in [0.3, 0.4) is 0 Å². The van der Waals surface area contributed by atoms with Crippen LogP contribution in [-0.4, -0.2) is 26.9 Å². The van der Waals surface area contributed by atoms with Gasteiger partial charge in [0, 0.05) is 12.3 Å². The summed E-state index contributed by atoms with van der Waals surface area (Å²) in [5.74, 6) is 0.0357. The number of anilines is 1. The van der Waals surface area contributed by atoms with Crippen LogP contribution in [0.25, 0.3) is 0 Å². The van der Waals surface area contributed by atoms with Gasteiger partial charge < -0.3 is 4.74 Å². The normalized spacial score (nSPS) is 20.1. The molecule has 0 aliphatic carbocycles. The summed E-state index contributed by atoms with van der Waals surface area (Å²) in [4.78, 5) is 0. The van der Waals surface area contributed by atoms with Crippen molar-refractivity contribution in [1.29, 1.82) is 0 Å². The van der Waals surface area contributed by atoms with Gasteiger partial charge in [-0.05, 0) is 36.0 Å². The third kappa shape index (κ3) is 4.21. The minimum atomic E-state index is -3.34. The molecule has 20 heavy (non-hydrogen) atoms. The summed E-state index contributed by atoms with van der Waals surface area (Å²) < 4.78 is 32.1. The molecule has 0 bridgehead atoms. The van der Waals surface area contributed by atoms with E-state index in [1.54, 1.807) is 0 Å². The molecule has 4 nitrogen and oxygen atoms in total. The molecule has 1 fully saturated rings. The van der Waals surface area contributed by atoms with Gasteiger partial charge >= 0.3 is 0 Å². The van der Waals surface area contributed by atoms with Crippen LogP contribution in [0, 0.1) is 0 Å². The summed E-state index contributed by atoms with van der Waals surface area (Å²) in [6, 6.07) is 7.55. The molecule has 2 rings (SSSR count). The summed E-state index contributed by atoms with van der Waals surface area (Å²) in [5, 5.41) is 0.